The standard InChI is InChI=1S/C19H22N2O5/c22-16(20-13-7-3-1-2-4-8-13)12-26-17(23)11-21-18(24)14-9-5-6-10-15(14)19(21)25/h5-6,9-10,13H,1-4,7-8,11-12H2,(H,20,22). The fraction of sp³-hybridized carbons (Fsp3) is 0.474. The number of amides is 3. The van der Waals surface area contributed by atoms with Crippen LogP contribution in [0, 0.1) is 0 Å². The Balaban J connectivity index is 1.46. The molecule has 1 N–H and O–H groups in total. The Morgan fingerprint density at radius 1 is 1.00 bits per heavy atom. The molecule has 0 spiro atoms. The molecule has 1 aromatic carbocycles. The van der Waals surface area contributed by atoms with Gasteiger partial charge in [-0.05, 0) is 25.0 Å². The van der Waals surface area contributed by atoms with E-state index >= 15 is 0 Å². The molecule has 1 aliphatic carbocycles. The van der Waals surface area contributed by atoms with Gasteiger partial charge in [0, 0.05) is 6.04 Å². The summed E-state index contributed by atoms with van der Waals surface area (Å²) in [5.41, 5.74) is 0.549. The monoisotopic (exact) mass is 358 g/mol. The lowest BCUT2D eigenvalue weighted by molar-refractivity contribution is -0.148. The highest BCUT2D eigenvalue weighted by molar-refractivity contribution is 6.22. The number of carbonyl (C=O) groups is 4. The minimum absolute atomic E-state index is 0.125. The van der Waals surface area contributed by atoms with Crippen LogP contribution < -0.4 is 5.32 Å². The van der Waals surface area contributed by atoms with Crippen molar-refractivity contribution in [1.29, 1.82) is 0 Å². The van der Waals surface area contributed by atoms with Gasteiger partial charge in [0.1, 0.15) is 6.54 Å². The molecule has 0 bridgehead atoms. The number of hydrogen-bond acceptors (Lipinski definition) is 5. The van der Waals surface area contributed by atoms with Crippen LogP contribution in [0.4, 0.5) is 0 Å². The molecule has 0 atom stereocenters. The first-order valence-corrected chi connectivity index (χ1v) is 8.96. The highest BCUT2D eigenvalue weighted by Crippen LogP contribution is 2.22. The van der Waals surface area contributed by atoms with Gasteiger partial charge in [0.25, 0.3) is 17.7 Å². The smallest absolute Gasteiger partial charge is 0.326 e. The largest absolute Gasteiger partial charge is 0.454 e. The van der Waals surface area contributed by atoms with Crippen molar-refractivity contribution < 1.29 is 23.9 Å². The third-order valence-electron chi connectivity index (χ3n) is 4.75. The summed E-state index contributed by atoms with van der Waals surface area (Å²) in [5.74, 6) is -2.18. The van der Waals surface area contributed by atoms with Crippen molar-refractivity contribution in [2.24, 2.45) is 0 Å². The van der Waals surface area contributed by atoms with Crippen molar-refractivity contribution in [1.82, 2.24) is 10.2 Å². The van der Waals surface area contributed by atoms with Crippen LogP contribution in [0.5, 0.6) is 0 Å². The number of nitrogens with one attached hydrogen (secondary N) is 1. The number of fused-ring (bicyclic) bond motifs is 1. The Labute approximate surface area is 151 Å². The van der Waals surface area contributed by atoms with Crippen LogP contribution in [0.15, 0.2) is 24.3 Å². The van der Waals surface area contributed by atoms with Crippen molar-refractivity contribution in [3.8, 4) is 0 Å². The highest BCUT2D eigenvalue weighted by Gasteiger charge is 2.36. The van der Waals surface area contributed by atoms with Crippen molar-refractivity contribution in [2.75, 3.05) is 13.2 Å². The van der Waals surface area contributed by atoms with E-state index in [0.29, 0.717) is 0 Å². The molecule has 0 radical (unpaired) electrons. The Morgan fingerprint density at radius 3 is 2.15 bits per heavy atom. The lowest BCUT2D eigenvalue weighted by Gasteiger charge is -2.17. The second kappa shape index (κ2) is 8.12. The molecule has 3 rings (SSSR count). The van der Waals surface area contributed by atoms with Gasteiger partial charge < -0.3 is 10.1 Å². The number of nitrogens with zero attached hydrogens (tertiary/aromatic N) is 1. The van der Waals surface area contributed by atoms with Gasteiger partial charge in [0.15, 0.2) is 6.61 Å². The van der Waals surface area contributed by atoms with E-state index in [-0.39, 0.29) is 23.1 Å². The fourth-order valence-electron chi connectivity index (χ4n) is 3.40. The Morgan fingerprint density at radius 2 is 1.58 bits per heavy atom. The quantitative estimate of drug-likeness (QED) is 0.491. The topological polar surface area (TPSA) is 92.8 Å². The molecular formula is C19H22N2O5. The highest BCUT2D eigenvalue weighted by atomic mass is 16.5. The van der Waals surface area contributed by atoms with Gasteiger partial charge in [-0.1, -0.05) is 37.8 Å². The zero-order valence-corrected chi connectivity index (χ0v) is 14.5. The van der Waals surface area contributed by atoms with Gasteiger partial charge in [-0.3, -0.25) is 24.1 Å². The third-order valence-corrected chi connectivity index (χ3v) is 4.75. The first kappa shape index (κ1) is 18.1. The molecule has 2 aliphatic rings. The lowest BCUT2D eigenvalue weighted by Crippen LogP contribution is -2.39. The maximum Gasteiger partial charge on any atom is 0.326 e. The number of carbonyl (C=O) groups excluding carboxylic acids is 4. The summed E-state index contributed by atoms with van der Waals surface area (Å²) >= 11 is 0. The molecule has 1 fully saturated rings. The summed E-state index contributed by atoms with van der Waals surface area (Å²) < 4.78 is 4.94. The Hall–Kier alpha value is -2.70. The van der Waals surface area contributed by atoms with Crippen LogP contribution in [0.1, 0.15) is 59.2 Å². The van der Waals surface area contributed by atoms with Crippen molar-refractivity contribution >= 4 is 23.7 Å². The summed E-state index contributed by atoms with van der Waals surface area (Å²) in [5, 5.41) is 2.88. The summed E-state index contributed by atoms with van der Waals surface area (Å²) in [7, 11) is 0. The van der Waals surface area contributed by atoms with Crippen LogP contribution in [0.25, 0.3) is 0 Å². The van der Waals surface area contributed by atoms with Crippen LogP contribution >= 0.6 is 0 Å². The number of ether oxygens (including phenoxy) is 1. The van der Waals surface area contributed by atoms with Crippen LogP contribution in [-0.2, 0) is 14.3 Å². The number of benzene rings is 1. The minimum atomic E-state index is -0.782. The summed E-state index contributed by atoms with van der Waals surface area (Å²) in [6.45, 7) is -0.901. The average molecular weight is 358 g/mol. The van der Waals surface area contributed by atoms with E-state index in [1.165, 1.54) is 12.8 Å². The van der Waals surface area contributed by atoms with E-state index in [1.807, 2.05) is 0 Å². The lowest BCUT2D eigenvalue weighted by atomic mass is 10.1. The van der Waals surface area contributed by atoms with Crippen molar-refractivity contribution in [3.05, 3.63) is 35.4 Å². The molecule has 26 heavy (non-hydrogen) atoms. The van der Waals surface area contributed by atoms with Gasteiger partial charge in [0.05, 0.1) is 11.1 Å². The van der Waals surface area contributed by atoms with E-state index in [1.54, 1.807) is 24.3 Å². The Bertz CT molecular complexity index is 687. The molecule has 3 amide bonds. The first-order valence-electron chi connectivity index (χ1n) is 8.96. The number of esters is 1. The molecule has 1 heterocycles. The fourth-order valence-corrected chi connectivity index (χ4v) is 3.40. The maximum absolute atomic E-state index is 12.2. The predicted molar refractivity (Wildman–Crippen MR) is 92.4 cm³/mol. The Kier molecular flexibility index (Phi) is 5.65. The van der Waals surface area contributed by atoms with Gasteiger partial charge >= 0.3 is 5.97 Å². The van der Waals surface area contributed by atoms with Crippen molar-refractivity contribution in [3.63, 3.8) is 0 Å². The molecule has 0 aromatic heterocycles. The molecule has 7 heteroatoms. The molecule has 0 saturated heterocycles. The van der Waals surface area contributed by atoms with Gasteiger partial charge in [0.2, 0.25) is 0 Å². The van der Waals surface area contributed by atoms with Crippen LogP contribution in [0.3, 0.4) is 0 Å². The van der Waals surface area contributed by atoms with Gasteiger partial charge in [-0.2, -0.15) is 0 Å². The van der Waals surface area contributed by atoms with Crippen LogP contribution in [-0.4, -0.2) is 47.8 Å². The molecule has 0 unspecified atom stereocenters. The van der Waals surface area contributed by atoms with E-state index in [4.69, 9.17) is 4.74 Å². The average Bonchev–Trinajstić information content (AvgIpc) is 2.82. The second-order valence-corrected chi connectivity index (χ2v) is 6.66. The van der Waals surface area contributed by atoms with Gasteiger partial charge in [-0.15, -0.1) is 0 Å². The first-order chi connectivity index (χ1) is 12.6. The molecule has 1 aromatic rings. The summed E-state index contributed by atoms with van der Waals surface area (Å²) in [6.07, 6.45) is 6.42. The van der Waals surface area contributed by atoms with E-state index in [0.717, 1.165) is 30.6 Å². The maximum atomic E-state index is 12.2. The molecule has 138 valence electrons. The second-order valence-electron chi connectivity index (χ2n) is 6.66. The van der Waals surface area contributed by atoms with E-state index in [2.05, 4.69) is 5.32 Å². The summed E-state index contributed by atoms with van der Waals surface area (Å²) in [4.78, 5) is 49.1. The van der Waals surface area contributed by atoms with Crippen molar-refractivity contribution in [2.45, 2.75) is 44.6 Å². The molecule has 7 nitrogen and oxygen atoms in total. The molecular weight excluding hydrogens is 336 g/mol. The van der Waals surface area contributed by atoms with Crippen LogP contribution in [0.2, 0.25) is 0 Å². The molecule has 1 aliphatic heterocycles. The zero-order chi connectivity index (χ0) is 18.5. The molecule has 1 saturated carbocycles. The zero-order valence-electron chi connectivity index (χ0n) is 14.5. The van der Waals surface area contributed by atoms with Gasteiger partial charge in [-0.25, -0.2) is 0 Å². The number of rotatable bonds is 5. The number of hydrogen-bond donors (Lipinski definition) is 1. The SMILES string of the molecule is O=C(COC(=O)CN1C(=O)c2ccccc2C1=O)NC1CCCCCC1. The van der Waals surface area contributed by atoms with E-state index < -0.39 is 30.9 Å². The third kappa shape index (κ3) is 4.09. The van der Waals surface area contributed by atoms with E-state index in [9.17, 15) is 19.2 Å². The number of imide groups is 1. The normalized spacial score (nSPS) is 17.6. The summed E-state index contributed by atoms with van der Waals surface area (Å²) in [6, 6.07) is 6.52. The predicted octanol–water partition coefficient (Wildman–Crippen LogP) is 1.66. The minimum Gasteiger partial charge on any atom is -0.454 e.